The third-order valence-corrected chi connectivity index (χ3v) is 7.14. The molecule has 0 aliphatic rings. The fourth-order valence-corrected chi connectivity index (χ4v) is 5.55. The summed E-state index contributed by atoms with van der Waals surface area (Å²) in [6, 6.07) is 7.21. The Kier molecular flexibility index (Phi) is 4.73. The van der Waals surface area contributed by atoms with Crippen molar-refractivity contribution in [2.24, 2.45) is 0 Å². The van der Waals surface area contributed by atoms with E-state index in [1.54, 1.807) is 6.07 Å². The van der Waals surface area contributed by atoms with Crippen LogP contribution in [0.3, 0.4) is 0 Å². The Morgan fingerprint density at radius 1 is 1.40 bits per heavy atom. The Balaban J connectivity index is 2.49. The van der Waals surface area contributed by atoms with Gasteiger partial charge in [-0.3, -0.25) is 4.31 Å². The van der Waals surface area contributed by atoms with Crippen molar-refractivity contribution in [3.63, 3.8) is 0 Å². The predicted octanol–water partition coefficient (Wildman–Crippen LogP) is 4.21. The summed E-state index contributed by atoms with van der Waals surface area (Å²) in [5.41, 5.74) is -0.00183. The van der Waals surface area contributed by atoms with Gasteiger partial charge in [-0.2, -0.15) is 0 Å². The highest BCUT2D eigenvalue weighted by Gasteiger charge is 2.27. The molecule has 2 rings (SSSR count). The molecule has 0 unspecified atom stereocenters. The molecule has 0 bridgehead atoms. The maximum Gasteiger partial charge on any atom is 0.266 e. The summed E-state index contributed by atoms with van der Waals surface area (Å²) in [6.45, 7) is 0. The number of para-hydroxylation sites is 1. The molecule has 0 spiro atoms. The number of hydrogen-bond acceptors (Lipinski definition) is 3. The van der Waals surface area contributed by atoms with Crippen LogP contribution in [0.15, 0.2) is 39.0 Å². The van der Waals surface area contributed by atoms with E-state index in [1.165, 1.54) is 42.6 Å². The van der Waals surface area contributed by atoms with Gasteiger partial charge in [0.2, 0.25) is 0 Å². The molecule has 0 N–H and O–H groups in total. The average Bonchev–Trinajstić information content (AvgIpc) is 2.80. The van der Waals surface area contributed by atoms with Crippen molar-refractivity contribution in [3.05, 3.63) is 44.8 Å². The lowest BCUT2D eigenvalue weighted by molar-refractivity contribution is 0.589. The number of hydrogen-bond donors (Lipinski definition) is 0. The smallest absolute Gasteiger partial charge is 0.266 e. The fraction of sp³-hybridized carbons (Fsp3) is 0.167. The van der Waals surface area contributed by atoms with Gasteiger partial charge < -0.3 is 0 Å². The molecular formula is C12H10BrClFNO2S2. The maximum atomic E-state index is 13.7. The van der Waals surface area contributed by atoms with Crippen molar-refractivity contribution in [1.29, 1.82) is 0 Å². The molecule has 0 radical (unpaired) electrons. The SMILES string of the molecule is CN(c1ccccc1F)S(=O)(=O)c1cc(CCl)sc1Br. The molecule has 0 atom stereocenters. The van der Waals surface area contributed by atoms with Crippen molar-refractivity contribution < 1.29 is 12.8 Å². The van der Waals surface area contributed by atoms with E-state index in [9.17, 15) is 12.8 Å². The van der Waals surface area contributed by atoms with E-state index in [0.29, 0.717) is 3.79 Å². The van der Waals surface area contributed by atoms with Crippen LogP contribution in [0.5, 0.6) is 0 Å². The Morgan fingerprint density at radius 3 is 2.60 bits per heavy atom. The number of alkyl halides is 1. The Morgan fingerprint density at radius 2 is 2.05 bits per heavy atom. The molecule has 8 heteroatoms. The number of sulfonamides is 1. The van der Waals surface area contributed by atoms with Gasteiger partial charge in [0.1, 0.15) is 10.7 Å². The lowest BCUT2D eigenvalue weighted by Gasteiger charge is -2.19. The lowest BCUT2D eigenvalue weighted by atomic mass is 10.3. The van der Waals surface area contributed by atoms with E-state index < -0.39 is 15.8 Å². The first kappa shape index (κ1) is 15.8. The Bertz CT molecular complexity index is 733. The summed E-state index contributed by atoms with van der Waals surface area (Å²) < 4.78 is 40.2. The van der Waals surface area contributed by atoms with Gasteiger partial charge in [0.25, 0.3) is 10.0 Å². The number of anilines is 1. The molecule has 0 saturated heterocycles. The van der Waals surface area contributed by atoms with E-state index in [2.05, 4.69) is 15.9 Å². The molecule has 1 aromatic carbocycles. The number of nitrogens with zero attached hydrogens (tertiary/aromatic N) is 1. The summed E-state index contributed by atoms with van der Waals surface area (Å²) in [7, 11) is -2.52. The first-order valence-electron chi connectivity index (χ1n) is 5.45. The Labute approximate surface area is 134 Å². The zero-order chi connectivity index (χ0) is 14.9. The van der Waals surface area contributed by atoms with Gasteiger partial charge in [-0.05, 0) is 34.1 Å². The highest BCUT2D eigenvalue weighted by Crippen LogP contribution is 2.35. The van der Waals surface area contributed by atoms with Crippen LogP contribution in [0.2, 0.25) is 0 Å². The van der Waals surface area contributed by atoms with Crippen molar-refractivity contribution >= 4 is 54.6 Å². The first-order valence-corrected chi connectivity index (χ1v) is 9.04. The number of thiophene rings is 1. The number of rotatable bonds is 4. The lowest BCUT2D eigenvalue weighted by Crippen LogP contribution is -2.27. The molecule has 20 heavy (non-hydrogen) atoms. The van der Waals surface area contributed by atoms with Gasteiger partial charge in [-0.1, -0.05) is 12.1 Å². The van der Waals surface area contributed by atoms with Crippen LogP contribution in [-0.2, 0) is 15.9 Å². The van der Waals surface area contributed by atoms with Gasteiger partial charge in [-0.15, -0.1) is 22.9 Å². The van der Waals surface area contributed by atoms with Crippen LogP contribution in [0, 0.1) is 5.82 Å². The second kappa shape index (κ2) is 6.01. The zero-order valence-corrected chi connectivity index (χ0v) is 14.3. The largest absolute Gasteiger partial charge is 0.266 e. The zero-order valence-electron chi connectivity index (χ0n) is 10.3. The maximum absolute atomic E-state index is 13.7. The number of benzene rings is 1. The number of halogens is 3. The molecule has 0 saturated carbocycles. The second-order valence-electron chi connectivity index (χ2n) is 3.91. The minimum absolute atomic E-state index is 0.00183. The van der Waals surface area contributed by atoms with Crippen LogP contribution >= 0.6 is 38.9 Å². The Hall–Kier alpha value is -0.630. The quantitative estimate of drug-likeness (QED) is 0.723. The molecular weight excluding hydrogens is 389 g/mol. The molecule has 3 nitrogen and oxygen atoms in total. The van der Waals surface area contributed by atoms with Crippen molar-refractivity contribution in [2.75, 3.05) is 11.4 Å². The average molecular weight is 399 g/mol. The highest BCUT2D eigenvalue weighted by atomic mass is 79.9. The molecule has 0 fully saturated rings. The molecule has 1 aromatic heterocycles. The predicted molar refractivity (Wildman–Crippen MR) is 83.6 cm³/mol. The monoisotopic (exact) mass is 397 g/mol. The van der Waals surface area contributed by atoms with E-state index in [-0.39, 0.29) is 16.5 Å². The van der Waals surface area contributed by atoms with Crippen LogP contribution in [0.25, 0.3) is 0 Å². The fourth-order valence-electron chi connectivity index (χ4n) is 1.62. The van der Waals surface area contributed by atoms with Crippen LogP contribution in [0.1, 0.15) is 4.88 Å². The molecule has 0 amide bonds. The van der Waals surface area contributed by atoms with Gasteiger partial charge in [0, 0.05) is 11.9 Å². The summed E-state index contributed by atoms with van der Waals surface area (Å²) in [5, 5.41) is 0. The summed E-state index contributed by atoms with van der Waals surface area (Å²) >= 11 is 10.2. The van der Waals surface area contributed by atoms with Crippen molar-refractivity contribution in [2.45, 2.75) is 10.8 Å². The van der Waals surface area contributed by atoms with Gasteiger partial charge in [0.05, 0.1) is 15.4 Å². The van der Waals surface area contributed by atoms with E-state index in [4.69, 9.17) is 11.6 Å². The van der Waals surface area contributed by atoms with Crippen molar-refractivity contribution in [1.82, 2.24) is 0 Å². The third-order valence-electron chi connectivity index (χ3n) is 2.67. The summed E-state index contributed by atoms with van der Waals surface area (Å²) in [5.74, 6) is -0.371. The summed E-state index contributed by atoms with van der Waals surface area (Å²) in [6.07, 6.45) is 0. The third kappa shape index (κ3) is 2.86. The van der Waals surface area contributed by atoms with Crippen molar-refractivity contribution in [3.8, 4) is 0 Å². The standard InChI is InChI=1S/C12H10BrClFNO2S2/c1-16(10-5-3-2-4-9(10)15)20(17,18)11-6-8(7-14)19-12(11)13/h2-6H,7H2,1H3. The van der Waals surface area contributed by atoms with Crippen LogP contribution in [-0.4, -0.2) is 15.5 Å². The molecule has 0 aliphatic heterocycles. The van der Waals surface area contributed by atoms with E-state index in [1.807, 2.05) is 0 Å². The van der Waals surface area contributed by atoms with Crippen LogP contribution in [0.4, 0.5) is 10.1 Å². The molecule has 1 heterocycles. The highest BCUT2D eigenvalue weighted by molar-refractivity contribution is 9.11. The molecule has 108 valence electrons. The topological polar surface area (TPSA) is 37.4 Å². The minimum atomic E-state index is -3.84. The van der Waals surface area contributed by atoms with E-state index >= 15 is 0 Å². The molecule has 2 aromatic rings. The van der Waals surface area contributed by atoms with Gasteiger partial charge >= 0.3 is 0 Å². The second-order valence-corrected chi connectivity index (χ2v) is 8.57. The normalized spacial score (nSPS) is 11.6. The molecule has 0 aliphatic carbocycles. The first-order chi connectivity index (χ1) is 9.37. The minimum Gasteiger partial charge on any atom is -0.266 e. The van der Waals surface area contributed by atoms with Gasteiger partial charge in [-0.25, -0.2) is 12.8 Å². The summed E-state index contributed by atoms with van der Waals surface area (Å²) in [4.78, 5) is 0.808. The van der Waals surface area contributed by atoms with Gasteiger partial charge in [0.15, 0.2) is 0 Å². The van der Waals surface area contributed by atoms with Crippen LogP contribution < -0.4 is 4.31 Å². The van der Waals surface area contributed by atoms with E-state index in [0.717, 1.165) is 9.18 Å².